The normalized spacial score (nSPS) is 19.3. The summed E-state index contributed by atoms with van der Waals surface area (Å²) in [6, 6.07) is 1.45. The van der Waals surface area contributed by atoms with Crippen LogP contribution >= 0.6 is 0 Å². The Hall–Kier alpha value is -1.63. The Morgan fingerprint density at radius 2 is 2.06 bits per heavy atom. The van der Waals surface area contributed by atoms with Crippen molar-refractivity contribution >= 4 is 21.4 Å². The van der Waals surface area contributed by atoms with Crippen molar-refractivity contribution in [1.29, 1.82) is 0 Å². The van der Waals surface area contributed by atoms with Crippen LogP contribution < -0.4 is 11.1 Å². The third-order valence-corrected chi connectivity index (χ3v) is 4.70. The van der Waals surface area contributed by atoms with Crippen LogP contribution in [-0.4, -0.2) is 36.9 Å². The molecule has 1 aliphatic heterocycles. The van der Waals surface area contributed by atoms with Gasteiger partial charge in [0.05, 0.1) is 17.1 Å². The van der Waals surface area contributed by atoms with Gasteiger partial charge in [-0.2, -0.15) is 0 Å². The highest BCUT2D eigenvalue weighted by molar-refractivity contribution is 7.91. The van der Waals surface area contributed by atoms with Crippen LogP contribution in [0.1, 0.15) is 23.2 Å². The standard InChI is InChI=1S/C11H15N3O3S/c12-10-1-4-13-7-9(10)11(15)14-8-2-5-18(16,17)6-3-8/h1,4,7-8H,2-3,5-6H2,(H2,12,13)(H,14,15). The van der Waals surface area contributed by atoms with Crippen LogP contribution in [0, 0.1) is 0 Å². The van der Waals surface area contributed by atoms with Gasteiger partial charge >= 0.3 is 0 Å². The minimum atomic E-state index is -2.91. The number of amides is 1. The van der Waals surface area contributed by atoms with E-state index in [0.717, 1.165) is 0 Å². The summed E-state index contributed by atoms with van der Waals surface area (Å²) in [5.74, 6) is -0.0501. The molecular weight excluding hydrogens is 254 g/mol. The zero-order valence-corrected chi connectivity index (χ0v) is 10.6. The molecule has 1 saturated heterocycles. The first-order valence-corrected chi connectivity index (χ1v) is 7.51. The molecule has 1 amide bonds. The number of hydrogen-bond donors (Lipinski definition) is 2. The molecule has 1 aliphatic rings. The largest absolute Gasteiger partial charge is 0.398 e. The Kier molecular flexibility index (Phi) is 3.51. The second-order valence-corrected chi connectivity index (χ2v) is 6.67. The van der Waals surface area contributed by atoms with Gasteiger partial charge in [-0.05, 0) is 18.9 Å². The number of nitrogen functional groups attached to an aromatic ring is 1. The van der Waals surface area contributed by atoms with Crippen LogP contribution in [0.2, 0.25) is 0 Å². The van der Waals surface area contributed by atoms with E-state index in [2.05, 4.69) is 10.3 Å². The van der Waals surface area contributed by atoms with E-state index in [4.69, 9.17) is 5.73 Å². The summed E-state index contributed by atoms with van der Waals surface area (Å²) in [6.45, 7) is 0. The molecule has 0 aliphatic carbocycles. The number of pyridine rings is 1. The van der Waals surface area contributed by atoms with Crippen LogP contribution in [-0.2, 0) is 9.84 Å². The molecule has 0 unspecified atom stereocenters. The van der Waals surface area contributed by atoms with E-state index in [1.54, 1.807) is 6.07 Å². The van der Waals surface area contributed by atoms with Crippen LogP contribution in [0.3, 0.4) is 0 Å². The molecular formula is C11H15N3O3S. The van der Waals surface area contributed by atoms with Crippen molar-refractivity contribution in [2.75, 3.05) is 17.2 Å². The van der Waals surface area contributed by atoms with E-state index in [1.165, 1.54) is 12.4 Å². The summed E-state index contributed by atoms with van der Waals surface area (Å²) in [6.07, 6.45) is 3.83. The van der Waals surface area contributed by atoms with E-state index >= 15 is 0 Å². The van der Waals surface area contributed by atoms with Gasteiger partial charge in [0, 0.05) is 24.1 Å². The molecule has 7 heteroatoms. The molecule has 6 nitrogen and oxygen atoms in total. The first kappa shape index (κ1) is 12.8. The predicted octanol–water partition coefficient (Wildman–Crippen LogP) is -0.0292. The van der Waals surface area contributed by atoms with E-state index < -0.39 is 9.84 Å². The number of hydrogen-bond acceptors (Lipinski definition) is 5. The summed E-state index contributed by atoms with van der Waals surface area (Å²) >= 11 is 0. The quantitative estimate of drug-likeness (QED) is 0.785. The van der Waals surface area contributed by atoms with Crippen molar-refractivity contribution < 1.29 is 13.2 Å². The molecule has 98 valence electrons. The maximum atomic E-state index is 11.9. The number of rotatable bonds is 2. The maximum absolute atomic E-state index is 11.9. The fraction of sp³-hybridized carbons (Fsp3) is 0.455. The SMILES string of the molecule is Nc1ccncc1C(=O)NC1CCS(=O)(=O)CC1. The summed E-state index contributed by atoms with van der Waals surface area (Å²) in [5, 5.41) is 2.79. The van der Waals surface area contributed by atoms with Gasteiger partial charge in [-0.25, -0.2) is 8.42 Å². The Morgan fingerprint density at radius 3 is 2.67 bits per heavy atom. The number of nitrogens with one attached hydrogen (secondary N) is 1. The Balaban J connectivity index is 1.99. The van der Waals surface area contributed by atoms with Crippen LogP contribution in [0.15, 0.2) is 18.5 Å². The van der Waals surface area contributed by atoms with Crippen LogP contribution in [0.5, 0.6) is 0 Å². The van der Waals surface area contributed by atoms with Gasteiger partial charge < -0.3 is 11.1 Å². The number of nitrogens with zero attached hydrogens (tertiary/aromatic N) is 1. The number of aromatic nitrogens is 1. The summed E-state index contributed by atoms with van der Waals surface area (Å²) in [5.41, 5.74) is 6.36. The first-order valence-electron chi connectivity index (χ1n) is 5.69. The summed E-state index contributed by atoms with van der Waals surface area (Å²) < 4.78 is 22.5. The Bertz CT molecular complexity index is 542. The van der Waals surface area contributed by atoms with Gasteiger partial charge in [0.1, 0.15) is 9.84 Å². The topological polar surface area (TPSA) is 102 Å². The van der Waals surface area contributed by atoms with Gasteiger partial charge in [0.15, 0.2) is 0 Å². The third kappa shape index (κ3) is 2.98. The van der Waals surface area contributed by atoms with Crippen LogP contribution in [0.4, 0.5) is 5.69 Å². The number of sulfone groups is 1. The van der Waals surface area contributed by atoms with Gasteiger partial charge in [-0.1, -0.05) is 0 Å². The minimum Gasteiger partial charge on any atom is -0.398 e. The lowest BCUT2D eigenvalue weighted by Crippen LogP contribution is -2.41. The Labute approximate surface area is 106 Å². The molecule has 0 bridgehead atoms. The van der Waals surface area contributed by atoms with E-state index in [1.807, 2.05) is 0 Å². The molecule has 1 fully saturated rings. The van der Waals surface area contributed by atoms with Crippen molar-refractivity contribution in [1.82, 2.24) is 10.3 Å². The second-order valence-electron chi connectivity index (χ2n) is 4.36. The van der Waals surface area contributed by atoms with Crippen molar-refractivity contribution in [3.63, 3.8) is 0 Å². The Morgan fingerprint density at radius 1 is 1.39 bits per heavy atom. The second kappa shape index (κ2) is 4.93. The average Bonchev–Trinajstić information content (AvgIpc) is 2.32. The molecule has 0 saturated carbocycles. The van der Waals surface area contributed by atoms with E-state index in [0.29, 0.717) is 24.1 Å². The fourth-order valence-electron chi connectivity index (χ4n) is 1.89. The van der Waals surface area contributed by atoms with E-state index in [-0.39, 0.29) is 23.5 Å². The molecule has 0 spiro atoms. The lowest BCUT2D eigenvalue weighted by Gasteiger charge is -2.23. The number of carbonyl (C=O) groups excluding carboxylic acids is 1. The summed E-state index contributed by atoms with van der Waals surface area (Å²) in [7, 11) is -2.91. The van der Waals surface area contributed by atoms with Crippen LogP contribution in [0.25, 0.3) is 0 Å². The molecule has 1 aromatic rings. The molecule has 3 N–H and O–H groups in total. The average molecular weight is 269 g/mol. The molecule has 0 radical (unpaired) electrons. The number of carbonyl (C=O) groups is 1. The molecule has 2 rings (SSSR count). The van der Waals surface area contributed by atoms with Crippen molar-refractivity contribution in [2.24, 2.45) is 0 Å². The number of nitrogens with two attached hydrogens (primary N) is 1. The first-order chi connectivity index (χ1) is 8.48. The third-order valence-electron chi connectivity index (χ3n) is 2.99. The summed E-state index contributed by atoms with van der Waals surface area (Å²) in [4.78, 5) is 15.8. The van der Waals surface area contributed by atoms with Gasteiger partial charge in [0.25, 0.3) is 5.91 Å². The van der Waals surface area contributed by atoms with Gasteiger partial charge in [0.2, 0.25) is 0 Å². The van der Waals surface area contributed by atoms with E-state index in [9.17, 15) is 13.2 Å². The molecule has 1 aromatic heterocycles. The van der Waals surface area contributed by atoms with Gasteiger partial charge in [-0.15, -0.1) is 0 Å². The van der Waals surface area contributed by atoms with Crippen molar-refractivity contribution in [3.8, 4) is 0 Å². The molecule has 2 heterocycles. The van der Waals surface area contributed by atoms with Crippen molar-refractivity contribution in [2.45, 2.75) is 18.9 Å². The highest BCUT2D eigenvalue weighted by atomic mass is 32.2. The zero-order valence-electron chi connectivity index (χ0n) is 9.80. The predicted molar refractivity (Wildman–Crippen MR) is 67.8 cm³/mol. The monoisotopic (exact) mass is 269 g/mol. The highest BCUT2D eigenvalue weighted by Crippen LogP contribution is 2.14. The fourth-order valence-corrected chi connectivity index (χ4v) is 3.38. The maximum Gasteiger partial charge on any atom is 0.255 e. The van der Waals surface area contributed by atoms with Crippen molar-refractivity contribution in [3.05, 3.63) is 24.0 Å². The highest BCUT2D eigenvalue weighted by Gasteiger charge is 2.25. The molecule has 18 heavy (non-hydrogen) atoms. The zero-order chi connectivity index (χ0) is 13.2. The lowest BCUT2D eigenvalue weighted by molar-refractivity contribution is 0.0935. The molecule has 0 aromatic carbocycles. The van der Waals surface area contributed by atoms with Gasteiger partial charge in [-0.3, -0.25) is 9.78 Å². The smallest absolute Gasteiger partial charge is 0.255 e. The minimum absolute atomic E-state index is 0.111. The molecule has 0 atom stereocenters. The number of anilines is 1. The lowest BCUT2D eigenvalue weighted by atomic mass is 10.1.